The van der Waals surface area contributed by atoms with Crippen molar-refractivity contribution in [2.45, 2.75) is 129 Å². The number of aliphatic hydroxyl groups excluding tert-OH is 1. The predicted octanol–water partition coefficient (Wildman–Crippen LogP) is 3.76. The average molecular weight is 746 g/mol. The second-order valence-corrected chi connectivity index (χ2v) is 15.6. The van der Waals surface area contributed by atoms with Crippen LogP contribution in [0.15, 0.2) is 30.3 Å². The van der Waals surface area contributed by atoms with Gasteiger partial charge < -0.3 is 40.6 Å². The number of carbonyl (C=O) groups is 4. The van der Waals surface area contributed by atoms with Crippen LogP contribution in [0.5, 0.6) is 0 Å². The molecule has 53 heavy (non-hydrogen) atoms. The van der Waals surface area contributed by atoms with Crippen LogP contribution < -0.4 is 10.6 Å². The average Bonchev–Trinajstić information content (AvgIpc) is 3.62. The first-order chi connectivity index (χ1) is 24.9. The first kappa shape index (κ1) is 45.9. The maximum Gasteiger partial charge on any atom is 0.326 e. The van der Waals surface area contributed by atoms with Gasteiger partial charge in [-0.2, -0.15) is 0 Å². The number of ether oxygens (including phenoxy) is 2. The van der Waals surface area contributed by atoms with Crippen LogP contribution in [0.3, 0.4) is 0 Å². The number of carbonyl (C=O) groups excluding carboxylic acids is 3. The monoisotopic (exact) mass is 745 g/mol. The number of benzene rings is 1. The highest BCUT2D eigenvalue weighted by atomic mass is 16.5. The normalized spacial score (nSPS) is 19.8. The van der Waals surface area contributed by atoms with Crippen molar-refractivity contribution < 1.29 is 38.9 Å². The maximum absolute atomic E-state index is 14.2. The summed E-state index contributed by atoms with van der Waals surface area (Å²) in [5.74, 6) is -3.60. The summed E-state index contributed by atoms with van der Waals surface area (Å²) in [6.07, 6.45) is 0.295. The number of aliphatic hydroxyl groups is 1. The molecule has 0 aliphatic carbocycles. The zero-order chi connectivity index (χ0) is 40.2. The van der Waals surface area contributed by atoms with Crippen LogP contribution in [0.4, 0.5) is 0 Å². The molecule has 0 aromatic heterocycles. The van der Waals surface area contributed by atoms with Crippen LogP contribution in [0, 0.1) is 29.1 Å². The molecule has 1 fully saturated rings. The van der Waals surface area contributed by atoms with Crippen molar-refractivity contribution in [1.29, 1.82) is 5.41 Å². The molecule has 0 radical (unpaired) electrons. The van der Waals surface area contributed by atoms with Crippen molar-refractivity contribution in [3.8, 4) is 0 Å². The van der Waals surface area contributed by atoms with Crippen LogP contribution in [0.1, 0.15) is 86.1 Å². The van der Waals surface area contributed by atoms with Gasteiger partial charge >= 0.3 is 5.97 Å². The van der Waals surface area contributed by atoms with Gasteiger partial charge in [-0.1, -0.05) is 71.4 Å². The van der Waals surface area contributed by atoms with Gasteiger partial charge in [-0.25, -0.2) is 4.79 Å². The highest BCUT2D eigenvalue weighted by molar-refractivity contribution is 6.41. The largest absolute Gasteiger partial charge is 0.480 e. The lowest BCUT2D eigenvalue weighted by Crippen LogP contribution is -2.56. The fraction of sp³-hybridized carbons (Fsp3) is 0.725. The molecule has 1 aromatic carbocycles. The van der Waals surface area contributed by atoms with E-state index >= 15 is 0 Å². The van der Waals surface area contributed by atoms with Gasteiger partial charge in [0.25, 0.3) is 0 Å². The van der Waals surface area contributed by atoms with E-state index in [1.807, 2.05) is 62.9 Å². The number of amides is 2. The summed E-state index contributed by atoms with van der Waals surface area (Å²) in [4.78, 5) is 56.4. The number of methoxy groups -OCH3 is 2. The summed E-state index contributed by atoms with van der Waals surface area (Å²) in [7, 11) is 6.49. The minimum atomic E-state index is -1.13. The Kier molecular flexibility index (Phi) is 18.2. The number of hydrogen-bond acceptors (Lipinski definition) is 10. The lowest BCUT2D eigenvalue weighted by atomic mass is 9.83. The third-order valence-electron chi connectivity index (χ3n) is 11.3. The van der Waals surface area contributed by atoms with Crippen molar-refractivity contribution in [3.63, 3.8) is 0 Å². The molecular formula is C40H67N5O8. The number of nitrogens with one attached hydrogen (secondary N) is 3. The van der Waals surface area contributed by atoms with Crippen molar-refractivity contribution in [3.05, 3.63) is 35.9 Å². The number of Topliss-reactive ketones (excluding diaryl/α,β-unsaturated/α-hetero) is 1. The fourth-order valence-electron chi connectivity index (χ4n) is 7.51. The van der Waals surface area contributed by atoms with Crippen LogP contribution in [0.25, 0.3) is 0 Å². The molecular weight excluding hydrogens is 678 g/mol. The first-order valence-corrected chi connectivity index (χ1v) is 19.0. The number of carboxylic acids is 1. The summed E-state index contributed by atoms with van der Waals surface area (Å²) in [6.45, 7) is 13.6. The smallest absolute Gasteiger partial charge is 0.326 e. The minimum Gasteiger partial charge on any atom is -0.480 e. The second-order valence-electron chi connectivity index (χ2n) is 15.6. The second kappa shape index (κ2) is 21.0. The number of likely N-dealkylation sites (tertiary alicyclic amines) is 1. The Bertz CT molecular complexity index is 1360. The predicted molar refractivity (Wildman–Crippen MR) is 206 cm³/mol. The molecule has 13 heteroatoms. The molecule has 1 aromatic rings. The van der Waals surface area contributed by atoms with Gasteiger partial charge in [-0.15, -0.1) is 0 Å². The summed E-state index contributed by atoms with van der Waals surface area (Å²) < 4.78 is 11.9. The Hall–Kier alpha value is -3.23. The van der Waals surface area contributed by atoms with E-state index in [0.717, 1.165) is 18.4 Å². The van der Waals surface area contributed by atoms with Crippen LogP contribution in [0.2, 0.25) is 0 Å². The third kappa shape index (κ3) is 12.1. The van der Waals surface area contributed by atoms with Gasteiger partial charge in [-0.05, 0) is 51.1 Å². The van der Waals surface area contributed by atoms with E-state index in [0.29, 0.717) is 13.0 Å². The van der Waals surface area contributed by atoms with Crippen molar-refractivity contribution in [1.82, 2.24) is 20.4 Å². The summed E-state index contributed by atoms with van der Waals surface area (Å²) in [5.41, 5.74) is -0.238. The van der Waals surface area contributed by atoms with Crippen molar-refractivity contribution >= 4 is 29.3 Å². The van der Waals surface area contributed by atoms with E-state index in [9.17, 15) is 29.4 Å². The molecule has 1 saturated heterocycles. The van der Waals surface area contributed by atoms with Crippen molar-refractivity contribution in [2.75, 3.05) is 34.9 Å². The summed E-state index contributed by atoms with van der Waals surface area (Å²) in [6, 6.07) is 7.25. The van der Waals surface area contributed by atoms with Gasteiger partial charge in [0.2, 0.25) is 11.8 Å². The molecule has 1 aliphatic heterocycles. The molecule has 0 bridgehead atoms. The van der Waals surface area contributed by atoms with Crippen molar-refractivity contribution in [2.24, 2.45) is 23.7 Å². The van der Waals surface area contributed by atoms with Crippen LogP contribution >= 0.6 is 0 Å². The molecule has 1 aliphatic rings. The molecule has 300 valence electrons. The SMILES string of the molecule is CCC(C)C(C(CC(O)N1CCC[C@H]1C(OC)C(C)C(=O)N[C@@H](Cc1ccccc1)C(=O)O)OC)N(C)C(=O)[C@@H](CC(=N)C(=O)C(C)(C)NC)C(C)C. The third-order valence-corrected chi connectivity index (χ3v) is 11.3. The quantitative estimate of drug-likeness (QED) is 0.104. The zero-order valence-corrected chi connectivity index (χ0v) is 33.8. The van der Waals surface area contributed by atoms with Gasteiger partial charge in [0.1, 0.15) is 12.3 Å². The number of ketones is 1. The lowest BCUT2D eigenvalue weighted by Gasteiger charge is -2.42. The van der Waals surface area contributed by atoms with E-state index in [-0.39, 0.29) is 54.5 Å². The fourth-order valence-corrected chi connectivity index (χ4v) is 7.51. The number of rotatable bonds is 23. The molecule has 0 saturated carbocycles. The molecule has 9 atom stereocenters. The van der Waals surface area contributed by atoms with Crippen LogP contribution in [-0.2, 0) is 35.1 Å². The summed E-state index contributed by atoms with van der Waals surface area (Å²) >= 11 is 0. The number of likely N-dealkylation sites (N-methyl/N-ethyl adjacent to an activating group) is 2. The standard InChI is InChI=1S/C40H67N5O8/c1-12-25(4)34(44(9)38(49)28(24(2)3)22-29(41)36(47)40(6,7)42-8)32(52-10)23-33(46)45-20-16-19-31(45)35(53-11)26(5)37(48)43-30(39(50)51)21-27-17-14-13-15-18-27/h13-15,17-18,24-26,28,30-35,41-42,46H,12,16,19-23H2,1-11H3,(H,43,48)(H,50,51)/t25?,26?,28-,30-,31-,32?,33?,34?,35?/m0/s1. The Morgan fingerprint density at radius 1 is 1.08 bits per heavy atom. The van der Waals surface area contributed by atoms with Gasteiger partial charge in [0.05, 0.1) is 35.4 Å². The molecule has 2 rings (SSSR count). The van der Waals surface area contributed by atoms with E-state index in [1.165, 1.54) is 7.11 Å². The molecule has 13 nitrogen and oxygen atoms in total. The van der Waals surface area contributed by atoms with E-state index in [1.54, 1.807) is 46.9 Å². The Balaban J connectivity index is 2.26. The molecule has 0 spiro atoms. The Labute approximate surface area is 317 Å². The highest BCUT2D eigenvalue weighted by Crippen LogP contribution is 2.32. The number of carboxylic acid groups (broad SMARTS) is 1. The van der Waals surface area contributed by atoms with Gasteiger partial charge in [-0.3, -0.25) is 19.3 Å². The topological polar surface area (TPSA) is 182 Å². The van der Waals surface area contributed by atoms with Gasteiger partial charge in [0, 0.05) is 59.0 Å². The summed E-state index contributed by atoms with van der Waals surface area (Å²) in [5, 5.41) is 35.9. The Morgan fingerprint density at radius 3 is 2.21 bits per heavy atom. The lowest BCUT2D eigenvalue weighted by molar-refractivity contribution is -0.147. The van der Waals surface area contributed by atoms with Crippen LogP contribution in [-0.4, -0.2) is 126 Å². The zero-order valence-electron chi connectivity index (χ0n) is 33.8. The highest BCUT2D eigenvalue weighted by Gasteiger charge is 2.44. The minimum absolute atomic E-state index is 0.0113. The maximum atomic E-state index is 14.2. The van der Waals surface area contributed by atoms with E-state index < -0.39 is 59.8 Å². The number of hydrogen-bond donors (Lipinski definition) is 5. The number of aliphatic carboxylic acids is 1. The Morgan fingerprint density at radius 2 is 1.70 bits per heavy atom. The molecule has 1 heterocycles. The molecule has 2 amide bonds. The van der Waals surface area contributed by atoms with E-state index in [2.05, 4.69) is 10.6 Å². The number of nitrogens with zero attached hydrogens (tertiary/aromatic N) is 2. The molecule has 6 unspecified atom stereocenters. The van der Waals surface area contributed by atoms with E-state index in [4.69, 9.17) is 14.9 Å². The molecule has 5 N–H and O–H groups in total. The van der Waals surface area contributed by atoms with Gasteiger partial charge in [0.15, 0.2) is 5.78 Å². The first-order valence-electron chi connectivity index (χ1n) is 19.0.